The molecule has 1 amide bonds. The van der Waals surface area contributed by atoms with Gasteiger partial charge in [-0.2, -0.15) is 0 Å². The van der Waals surface area contributed by atoms with Gasteiger partial charge in [0.05, 0.1) is 5.52 Å². The normalized spacial score (nSPS) is 11.6. The van der Waals surface area contributed by atoms with Gasteiger partial charge in [-0.25, -0.2) is 4.98 Å². The van der Waals surface area contributed by atoms with Gasteiger partial charge in [0, 0.05) is 35.7 Å². The molecule has 0 radical (unpaired) electrons. The van der Waals surface area contributed by atoms with Crippen LogP contribution in [0, 0.1) is 12.8 Å². The second kappa shape index (κ2) is 11.2. The van der Waals surface area contributed by atoms with Crippen LogP contribution in [0.2, 0.25) is 5.02 Å². The van der Waals surface area contributed by atoms with Crippen molar-refractivity contribution in [2.24, 2.45) is 5.92 Å². The van der Waals surface area contributed by atoms with Crippen LogP contribution in [0.3, 0.4) is 0 Å². The molecular weight excluding hydrogens is 466 g/mol. The van der Waals surface area contributed by atoms with Crippen molar-refractivity contribution in [2.75, 3.05) is 12.3 Å². The number of benzene rings is 2. The summed E-state index contributed by atoms with van der Waals surface area (Å²) in [7, 11) is 0. The Morgan fingerprint density at radius 1 is 1.15 bits per heavy atom. The molecule has 0 fully saturated rings. The number of fused-ring (bicyclic) bond motifs is 3. The summed E-state index contributed by atoms with van der Waals surface area (Å²) in [6.07, 6.45) is 2.32. The fourth-order valence-corrected chi connectivity index (χ4v) is 4.84. The lowest BCUT2D eigenvalue weighted by Crippen LogP contribution is -2.26. The van der Waals surface area contributed by atoms with Crippen LogP contribution in [0.5, 0.6) is 0 Å². The summed E-state index contributed by atoms with van der Waals surface area (Å²) >= 11 is 7.81. The first-order chi connectivity index (χ1) is 16.4. The Balaban J connectivity index is 1.49. The average Bonchev–Trinajstić information content (AvgIpc) is 3.09. The fraction of sp³-hybridized carbons (Fsp3) is 0.385. The van der Waals surface area contributed by atoms with Gasteiger partial charge in [0.1, 0.15) is 5.52 Å². The smallest absolute Gasteiger partial charge is 0.220 e. The zero-order chi connectivity index (χ0) is 24.1. The predicted molar refractivity (Wildman–Crippen MR) is 141 cm³/mol. The molecule has 4 rings (SSSR count). The Morgan fingerprint density at radius 2 is 2.00 bits per heavy atom. The highest BCUT2D eigenvalue weighted by molar-refractivity contribution is 7.99. The Bertz CT molecular complexity index is 1300. The number of carbonyl (C=O) groups is 1. The Hall–Kier alpha value is -2.64. The minimum Gasteiger partial charge on any atom is -0.356 e. The van der Waals surface area contributed by atoms with E-state index < -0.39 is 0 Å². The number of carbonyl (C=O) groups excluding carboxylic acids is 1. The second-order valence-electron chi connectivity index (χ2n) is 9.01. The molecule has 178 valence electrons. The van der Waals surface area contributed by atoms with Crippen molar-refractivity contribution in [3.05, 3.63) is 58.6 Å². The standard InChI is InChI=1S/C26H30ClN5OS/c1-17(2)15-28-23(33)9-4-5-12-34-26-29-25-24(30-31-26)21-13-18(3)10-11-22(21)32(25)16-19-7-6-8-20(27)14-19/h6-8,10-11,13-14,17H,4-5,9,12,15-16H2,1-3H3,(H,28,33). The quantitative estimate of drug-likeness (QED) is 0.215. The molecular formula is C26H30ClN5OS. The Labute approximate surface area is 209 Å². The molecule has 1 N–H and O–H groups in total. The highest BCUT2D eigenvalue weighted by atomic mass is 35.5. The van der Waals surface area contributed by atoms with Crippen molar-refractivity contribution in [1.82, 2.24) is 25.1 Å². The van der Waals surface area contributed by atoms with Crippen LogP contribution in [0.15, 0.2) is 47.6 Å². The van der Waals surface area contributed by atoms with E-state index in [1.165, 1.54) is 5.56 Å². The van der Waals surface area contributed by atoms with Crippen LogP contribution in [0.25, 0.3) is 22.1 Å². The first kappa shape index (κ1) is 24.5. The van der Waals surface area contributed by atoms with E-state index in [0.717, 1.165) is 57.8 Å². The SMILES string of the molecule is Cc1ccc2c(c1)c1nnc(SCCCCC(=O)NCC(C)C)nc1n2Cc1cccc(Cl)c1. The maximum Gasteiger partial charge on any atom is 0.220 e. The van der Waals surface area contributed by atoms with Gasteiger partial charge in [-0.05, 0) is 55.5 Å². The van der Waals surface area contributed by atoms with Gasteiger partial charge >= 0.3 is 0 Å². The van der Waals surface area contributed by atoms with Gasteiger partial charge in [0.25, 0.3) is 0 Å². The van der Waals surface area contributed by atoms with Crippen LogP contribution in [0.1, 0.15) is 44.2 Å². The van der Waals surface area contributed by atoms with Gasteiger partial charge in [-0.1, -0.05) is 61.0 Å². The summed E-state index contributed by atoms with van der Waals surface area (Å²) in [6, 6.07) is 14.3. The minimum atomic E-state index is 0.124. The van der Waals surface area contributed by atoms with Crippen molar-refractivity contribution in [3.8, 4) is 0 Å². The van der Waals surface area contributed by atoms with E-state index in [0.29, 0.717) is 24.0 Å². The maximum atomic E-state index is 11.9. The highest BCUT2D eigenvalue weighted by Crippen LogP contribution is 2.29. The second-order valence-corrected chi connectivity index (χ2v) is 10.5. The Morgan fingerprint density at radius 3 is 2.79 bits per heavy atom. The van der Waals surface area contributed by atoms with Gasteiger partial charge in [0.15, 0.2) is 5.65 Å². The molecule has 4 aromatic rings. The van der Waals surface area contributed by atoms with Crippen molar-refractivity contribution < 1.29 is 4.79 Å². The number of nitrogens with one attached hydrogen (secondary N) is 1. The number of rotatable bonds is 10. The monoisotopic (exact) mass is 495 g/mol. The lowest BCUT2D eigenvalue weighted by molar-refractivity contribution is -0.121. The summed E-state index contributed by atoms with van der Waals surface area (Å²) in [5, 5.41) is 14.3. The summed E-state index contributed by atoms with van der Waals surface area (Å²) in [5.74, 6) is 1.44. The van der Waals surface area contributed by atoms with E-state index in [1.54, 1.807) is 11.8 Å². The number of aryl methyl sites for hydroxylation is 1. The molecule has 0 saturated heterocycles. The van der Waals surface area contributed by atoms with E-state index in [1.807, 2.05) is 18.2 Å². The van der Waals surface area contributed by atoms with Gasteiger partial charge in [-0.3, -0.25) is 4.79 Å². The van der Waals surface area contributed by atoms with Crippen LogP contribution in [-0.2, 0) is 11.3 Å². The van der Waals surface area contributed by atoms with Crippen molar-refractivity contribution >= 4 is 51.3 Å². The number of aromatic nitrogens is 4. The topological polar surface area (TPSA) is 72.7 Å². The third-order valence-corrected chi connectivity index (χ3v) is 6.73. The third-order valence-electron chi connectivity index (χ3n) is 5.57. The first-order valence-corrected chi connectivity index (χ1v) is 13.0. The summed E-state index contributed by atoms with van der Waals surface area (Å²) in [4.78, 5) is 16.8. The lowest BCUT2D eigenvalue weighted by Gasteiger charge is -2.08. The molecule has 8 heteroatoms. The van der Waals surface area contributed by atoms with Crippen LogP contribution in [0.4, 0.5) is 0 Å². The first-order valence-electron chi connectivity index (χ1n) is 11.7. The molecule has 0 bridgehead atoms. The molecule has 34 heavy (non-hydrogen) atoms. The summed E-state index contributed by atoms with van der Waals surface area (Å²) in [6.45, 7) is 7.65. The molecule has 2 heterocycles. The van der Waals surface area contributed by atoms with E-state index in [2.05, 4.69) is 65.1 Å². The van der Waals surface area contributed by atoms with Crippen LogP contribution < -0.4 is 5.32 Å². The molecule has 0 unspecified atom stereocenters. The molecule has 0 aliphatic heterocycles. The van der Waals surface area contributed by atoms with E-state index in [4.69, 9.17) is 16.6 Å². The fourth-order valence-electron chi connectivity index (χ4n) is 3.85. The number of thioether (sulfide) groups is 1. The zero-order valence-corrected chi connectivity index (χ0v) is 21.4. The average molecular weight is 496 g/mol. The molecule has 2 aromatic carbocycles. The number of hydrogen-bond donors (Lipinski definition) is 1. The highest BCUT2D eigenvalue weighted by Gasteiger charge is 2.16. The molecule has 0 atom stereocenters. The molecule has 0 spiro atoms. The van der Waals surface area contributed by atoms with Gasteiger partial charge < -0.3 is 9.88 Å². The Kier molecular flexibility index (Phi) is 8.06. The summed E-state index contributed by atoms with van der Waals surface area (Å²) in [5.41, 5.74) is 5.00. The molecule has 0 aliphatic rings. The lowest BCUT2D eigenvalue weighted by atomic mass is 10.1. The van der Waals surface area contributed by atoms with Crippen LogP contribution in [-0.4, -0.2) is 38.0 Å². The number of amides is 1. The number of hydrogen-bond acceptors (Lipinski definition) is 5. The third kappa shape index (κ3) is 6.07. The molecule has 0 aliphatic carbocycles. The summed E-state index contributed by atoms with van der Waals surface area (Å²) < 4.78 is 2.19. The maximum absolute atomic E-state index is 11.9. The zero-order valence-electron chi connectivity index (χ0n) is 19.8. The number of halogens is 1. The number of unbranched alkanes of at least 4 members (excludes halogenated alkanes) is 1. The van der Waals surface area contributed by atoms with Crippen molar-refractivity contribution in [2.45, 2.75) is 51.7 Å². The molecule has 6 nitrogen and oxygen atoms in total. The molecule has 0 saturated carbocycles. The van der Waals surface area contributed by atoms with Crippen molar-refractivity contribution in [1.29, 1.82) is 0 Å². The van der Waals surface area contributed by atoms with Crippen LogP contribution >= 0.6 is 23.4 Å². The van der Waals surface area contributed by atoms with E-state index >= 15 is 0 Å². The predicted octanol–water partition coefficient (Wildman–Crippen LogP) is 6.02. The van der Waals surface area contributed by atoms with Crippen molar-refractivity contribution in [3.63, 3.8) is 0 Å². The van der Waals surface area contributed by atoms with E-state index in [-0.39, 0.29) is 5.91 Å². The minimum absolute atomic E-state index is 0.124. The van der Waals surface area contributed by atoms with Gasteiger partial charge in [-0.15, -0.1) is 10.2 Å². The van der Waals surface area contributed by atoms with Gasteiger partial charge in [0.2, 0.25) is 11.1 Å². The molecule has 2 aromatic heterocycles. The largest absolute Gasteiger partial charge is 0.356 e. The van der Waals surface area contributed by atoms with E-state index in [9.17, 15) is 4.79 Å². The number of nitrogens with zero attached hydrogens (tertiary/aromatic N) is 4.